The summed E-state index contributed by atoms with van der Waals surface area (Å²) < 4.78 is 15.4. The molecule has 7 heteroatoms. The van der Waals surface area contributed by atoms with Crippen LogP contribution in [0.3, 0.4) is 0 Å². The molecule has 0 amide bonds. The van der Waals surface area contributed by atoms with Gasteiger partial charge in [-0.1, -0.05) is 6.07 Å². The highest BCUT2D eigenvalue weighted by Gasteiger charge is 2.21. The molecular weight excluding hydrogens is 336 g/mol. The van der Waals surface area contributed by atoms with E-state index >= 15 is 0 Å². The van der Waals surface area contributed by atoms with Gasteiger partial charge in [0.15, 0.2) is 11.3 Å². The fraction of sp³-hybridized carbons (Fsp3) is 0.368. The minimum absolute atomic E-state index is 0.159. The summed E-state index contributed by atoms with van der Waals surface area (Å²) in [5.41, 5.74) is 3.42. The molecule has 0 bridgehead atoms. The molecule has 0 saturated heterocycles. The van der Waals surface area contributed by atoms with Crippen LogP contribution >= 0.6 is 0 Å². The average molecular weight is 360 g/mol. The van der Waals surface area contributed by atoms with Gasteiger partial charge < -0.3 is 24.5 Å². The van der Waals surface area contributed by atoms with E-state index in [1.165, 1.54) is 6.20 Å². The molecule has 0 atom stereocenters. The summed E-state index contributed by atoms with van der Waals surface area (Å²) in [7, 11) is 1.56. The topological polar surface area (TPSA) is 89.6 Å². The average Bonchev–Trinajstić information content (AvgIpc) is 2.90. The molecule has 140 valence electrons. The van der Waals surface area contributed by atoms with E-state index in [4.69, 9.17) is 14.2 Å². The van der Waals surface area contributed by atoms with Gasteiger partial charge in [0.1, 0.15) is 0 Å². The van der Waals surface area contributed by atoms with Crippen molar-refractivity contribution in [3.05, 3.63) is 35.2 Å². The largest absolute Gasteiger partial charge is 0.492 e. The summed E-state index contributed by atoms with van der Waals surface area (Å²) in [6.07, 6.45) is 1.28. The van der Waals surface area contributed by atoms with E-state index in [0.29, 0.717) is 11.4 Å². The van der Waals surface area contributed by atoms with Gasteiger partial charge in [-0.25, -0.2) is 9.59 Å². The van der Waals surface area contributed by atoms with Crippen LogP contribution in [0.5, 0.6) is 5.75 Å². The summed E-state index contributed by atoms with van der Waals surface area (Å²) in [5, 5.41) is 4.00. The van der Waals surface area contributed by atoms with Crippen LogP contribution in [0.2, 0.25) is 0 Å². The Morgan fingerprint density at radius 2 is 1.73 bits per heavy atom. The molecule has 2 aromatic rings. The number of anilines is 1. The lowest BCUT2D eigenvalue weighted by Gasteiger charge is -2.11. The van der Waals surface area contributed by atoms with Crippen molar-refractivity contribution in [3.63, 3.8) is 0 Å². The Labute approximate surface area is 152 Å². The van der Waals surface area contributed by atoms with E-state index in [9.17, 15) is 9.59 Å². The first-order valence-corrected chi connectivity index (χ1v) is 8.41. The first kappa shape index (κ1) is 19.4. The van der Waals surface area contributed by atoms with Crippen molar-refractivity contribution in [2.24, 2.45) is 0 Å². The number of aryl methyl sites for hydroxylation is 2. The lowest BCUT2D eigenvalue weighted by atomic mass is 10.1. The Hall–Kier alpha value is -2.96. The van der Waals surface area contributed by atoms with E-state index in [-0.39, 0.29) is 18.8 Å². The standard InChI is InChI=1S/C19H24N2O5/c1-6-25-18(22)14(19(23)26-7-2)10-20-15-9-8-13-11(3)12(4)21-16(13)17(15)24-5/h8-10,20-21H,6-7H2,1-5H3. The third-order valence-electron chi connectivity index (χ3n) is 4.00. The SMILES string of the molecule is CCOC(=O)C(=CNc1ccc2c(C)c(C)[nH]c2c1OC)C(=O)OCC. The van der Waals surface area contributed by atoms with Gasteiger partial charge in [0.25, 0.3) is 0 Å². The third kappa shape index (κ3) is 3.82. The van der Waals surface area contributed by atoms with E-state index in [0.717, 1.165) is 22.2 Å². The highest BCUT2D eigenvalue weighted by Crippen LogP contribution is 2.35. The molecule has 7 nitrogen and oxygen atoms in total. The predicted octanol–water partition coefficient (Wildman–Crippen LogP) is 3.22. The van der Waals surface area contributed by atoms with E-state index in [1.54, 1.807) is 21.0 Å². The Morgan fingerprint density at radius 1 is 1.12 bits per heavy atom. The lowest BCUT2D eigenvalue weighted by Crippen LogP contribution is -2.19. The molecule has 0 aliphatic heterocycles. The second kappa shape index (κ2) is 8.42. The summed E-state index contributed by atoms with van der Waals surface area (Å²) in [6, 6.07) is 3.77. The number of carbonyl (C=O) groups is 2. The Balaban J connectivity index is 2.42. The number of H-pyrrole nitrogens is 1. The normalized spacial score (nSPS) is 10.3. The zero-order valence-electron chi connectivity index (χ0n) is 15.7. The molecule has 1 aromatic heterocycles. The van der Waals surface area contributed by atoms with Crippen molar-refractivity contribution in [3.8, 4) is 5.75 Å². The predicted molar refractivity (Wildman–Crippen MR) is 99.3 cm³/mol. The number of methoxy groups -OCH3 is 1. The molecule has 26 heavy (non-hydrogen) atoms. The van der Waals surface area contributed by atoms with Crippen LogP contribution in [-0.2, 0) is 19.1 Å². The molecule has 0 unspecified atom stereocenters. The van der Waals surface area contributed by atoms with Crippen molar-refractivity contribution in [2.75, 3.05) is 25.6 Å². The molecule has 1 heterocycles. The van der Waals surface area contributed by atoms with Crippen LogP contribution in [0.1, 0.15) is 25.1 Å². The van der Waals surface area contributed by atoms with Crippen LogP contribution < -0.4 is 10.1 Å². The Kier molecular flexibility index (Phi) is 6.27. The van der Waals surface area contributed by atoms with Crippen molar-refractivity contribution in [2.45, 2.75) is 27.7 Å². The summed E-state index contributed by atoms with van der Waals surface area (Å²) >= 11 is 0. The van der Waals surface area contributed by atoms with Gasteiger partial charge in [-0.05, 0) is 39.3 Å². The van der Waals surface area contributed by atoms with Crippen LogP contribution in [0.15, 0.2) is 23.9 Å². The lowest BCUT2D eigenvalue weighted by molar-refractivity contribution is -0.146. The van der Waals surface area contributed by atoms with Crippen molar-refractivity contribution < 1.29 is 23.8 Å². The molecule has 0 aliphatic rings. The molecular formula is C19H24N2O5. The fourth-order valence-corrected chi connectivity index (χ4v) is 2.60. The highest BCUT2D eigenvalue weighted by atomic mass is 16.6. The number of aromatic nitrogens is 1. The minimum atomic E-state index is -0.745. The van der Waals surface area contributed by atoms with Gasteiger partial charge in [-0.3, -0.25) is 0 Å². The summed E-state index contributed by atoms with van der Waals surface area (Å²) in [5.74, 6) is -0.905. The second-order valence-corrected chi connectivity index (χ2v) is 5.59. The first-order chi connectivity index (χ1) is 12.4. The molecule has 0 aliphatic carbocycles. The van der Waals surface area contributed by atoms with Crippen LogP contribution in [-0.4, -0.2) is 37.2 Å². The Bertz CT molecular complexity index is 831. The van der Waals surface area contributed by atoms with Crippen molar-refractivity contribution in [1.82, 2.24) is 4.98 Å². The minimum Gasteiger partial charge on any atom is -0.492 e. The van der Waals surface area contributed by atoms with Gasteiger partial charge in [-0.15, -0.1) is 0 Å². The first-order valence-electron chi connectivity index (χ1n) is 8.41. The second-order valence-electron chi connectivity index (χ2n) is 5.59. The quantitative estimate of drug-likeness (QED) is 0.341. The third-order valence-corrected chi connectivity index (χ3v) is 4.00. The van der Waals surface area contributed by atoms with Crippen molar-refractivity contribution in [1.29, 1.82) is 0 Å². The number of fused-ring (bicyclic) bond motifs is 1. The molecule has 0 fully saturated rings. The maximum absolute atomic E-state index is 12.0. The zero-order valence-corrected chi connectivity index (χ0v) is 15.7. The molecule has 0 saturated carbocycles. The molecule has 1 aromatic carbocycles. The zero-order chi connectivity index (χ0) is 19.3. The maximum Gasteiger partial charge on any atom is 0.347 e. The number of aromatic amines is 1. The monoisotopic (exact) mass is 360 g/mol. The maximum atomic E-state index is 12.0. The number of esters is 2. The molecule has 2 rings (SSSR count). The Morgan fingerprint density at radius 3 is 2.27 bits per heavy atom. The van der Waals surface area contributed by atoms with Crippen molar-refractivity contribution >= 4 is 28.5 Å². The number of hydrogen-bond acceptors (Lipinski definition) is 6. The number of hydrogen-bond donors (Lipinski definition) is 2. The molecule has 2 N–H and O–H groups in total. The van der Waals surface area contributed by atoms with Gasteiger partial charge >= 0.3 is 11.9 Å². The van der Waals surface area contributed by atoms with Crippen LogP contribution in [0.25, 0.3) is 10.9 Å². The number of carbonyl (C=O) groups excluding carboxylic acids is 2. The van der Waals surface area contributed by atoms with Gasteiger partial charge in [-0.2, -0.15) is 0 Å². The van der Waals surface area contributed by atoms with E-state index in [2.05, 4.69) is 10.3 Å². The van der Waals surface area contributed by atoms with E-state index < -0.39 is 11.9 Å². The van der Waals surface area contributed by atoms with Crippen LogP contribution in [0.4, 0.5) is 5.69 Å². The number of ether oxygens (including phenoxy) is 3. The fourth-order valence-electron chi connectivity index (χ4n) is 2.60. The van der Waals surface area contributed by atoms with Crippen LogP contribution in [0, 0.1) is 13.8 Å². The number of benzene rings is 1. The van der Waals surface area contributed by atoms with E-state index in [1.807, 2.05) is 26.0 Å². The summed E-state index contributed by atoms with van der Waals surface area (Å²) in [4.78, 5) is 27.3. The molecule has 0 spiro atoms. The van der Waals surface area contributed by atoms with Gasteiger partial charge in [0.2, 0.25) is 0 Å². The number of rotatable bonds is 7. The van der Waals surface area contributed by atoms with Gasteiger partial charge in [0, 0.05) is 17.3 Å². The summed E-state index contributed by atoms with van der Waals surface area (Å²) in [6.45, 7) is 7.67. The van der Waals surface area contributed by atoms with Gasteiger partial charge in [0.05, 0.1) is 31.5 Å². The highest BCUT2D eigenvalue weighted by molar-refractivity contribution is 6.14. The smallest absolute Gasteiger partial charge is 0.347 e. The number of nitrogens with one attached hydrogen (secondary N) is 2. The molecule has 0 radical (unpaired) electrons.